The Kier molecular flexibility index (Phi) is 4.38. The van der Waals surface area contributed by atoms with Gasteiger partial charge in [0.1, 0.15) is 12.7 Å². The second-order valence-corrected chi connectivity index (χ2v) is 7.19. The molecule has 2 unspecified atom stereocenters. The zero-order valence-electron chi connectivity index (χ0n) is 15.8. The lowest BCUT2D eigenvalue weighted by molar-refractivity contribution is -0.186. The van der Waals surface area contributed by atoms with E-state index in [1.807, 2.05) is 37.3 Å². The molecular formula is C19H22N6O3. The zero-order chi connectivity index (χ0) is 20.0. The average molecular weight is 382 g/mol. The average Bonchev–Trinajstić information content (AvgIpc) is 2.66. The van der Waals surface area contributed by atoms with E-state index in [0.717, 1.165) is 16.5 Å². The summed E-state index contributed by atoms with van der Waals surface area (Å²) in [6.45, 7) is 2.09. The number of para-hydroxylation sites is 1. The number of fused-ring (bicyclic) bond motifs is 2. The van der Waals surface area contributed by atoms with E-state index in [9.17, 15) is 14.4 Å². The Labute approximate surface area is 162 Å². The summed E-state index contributed by atoms with van der Waals surface area (Å²) in [5.41, 5.74) is 7.31. The molecule has 2 saturated heterocycles. The Hall–Kier alpha value is -3.20. The Bertz CT molecular complexity index is 958. The van der Waals surface area contributed by atoms with Crippen LogP contribution in [-0.2, 0) is 16.1 Å². The van der Waals surface area contributed by atoms with Crippen molar-refractivity contribution in [2.75, 3.05) is 20.1 Å². The SMILES string of the molecule is CC1C2N(CC(=O)N1Cc1cccc3cccnc13)C(=O)CN(C)N2C(N)=O. The monoisotopic (exact) mass is 382 g/mol. The van der Waals surface area contributed by atoms with E-state index < -0.39 is 18.2 Å². The normalized spacial score (nSPS) is 23.3. The minimum Gasteiger partial charge on any atom is -0.350 e. The quantitative estimate of drug-likeness (QED) is 0.808. The molecule has 9 nitrogen and oxygen atoms in total. The molecule has 2 aromatic rings. The number of piperazine rings is 1. The zero-order valence-corrected chi connectivity index (χ0v) is 15.8. The van der Waals surface area contributed by atoms with Crippen LogP contribution in [0.1, 0.15) is 12.5 Å². The number of rotatable bonds is 2. The number of primary amides is 1. The van der Waals surface area contributed by atoms with Crippen LogP contribution in [0.2, 0.25) is 0 Å². The molecule has 2 aliphatic heterocycles. The van der Waals surface area contributed by atoms with E-state index in [0.29, 0.717) is 6.54 Å². The van der Waals surface area contributed by atoms with Crippen molar-refractivity contribution >= 4 is 28.7 Å². The van der Waals surface area contributed by atoms with Gasteiger partial charge in [-0.1, -0.05) is 24.3 Å². The number of hydrazine groups is 1. The molecule has 2 N–H and O–H groups in total. The lowest BCUT2D eigenvalue weighted by atomic mass is 10.0. The number of nitrogens with two attached hydrogens (primary N) is 1. The molecule has 3 heterocycles. The van der Waals surface area contributed by atoms with Gasteiger partial charge < -0.3 is 15.5 Å². The summed E-state index contributed by atoms with van der Waals surface area (Å²) in [4.78, 5) is 45.0. The molecule has 4 rings (SSSR count). The fourth-order valence-corrected chi connectivity index (χ4v) is 4.12. The second-order valence-electron chi connectivity index (χ2n) is 7.19. The molecule has 2 fully saturated rings. The Morgan fingerprint density at radius 3 is 2.68 bits per heavy atom. The first-order valence-electron chi connectivity index (χ1n) is 9.09. The fraction of sp³-hybridized carbons (Fsp3) is 0.368. The van der Waals surface area contributed by atoms with Gasteiger partial charge in [0.05, 0.1) is 18.1 Å². The first-order valence-corrected chi connectivity index (χ1v) is 9.09. The highest BCUT2D eigenvalue weighted by molar-refractivity contribution is 5.89. The van der Waals surface area contributed by atoms with Crippen molar-refractivity contribution in [2.45, 2.75) is 25.7 Å². The minimum atomic E-state index is -0.655. The summed E-state index contributed by atoms with van der Waals surface area (Å²) >= 11 is 0. The molecule has 0 radical (unpaired) electrons. The molecular weight excluding hydrogens is 360 g/mol. The van der Waals surface area contributed by atoms with E-state index in [1.54, 1.807) is 18.1 Å². The van der Waals surface area contributed by atoms with Gasteiger partial charge in [0.15, 0.2) is 0 Å². The van der Waals surface area contributed by atoms with Gasteiger partial charge in [0.2, 0.25) is 11.8 Å². The molecule has 2 atom stereocenters. The number of hydrogen-bond acceptors (Lipinski definition) is 5. The van der Waals surface area contributed by atoms with Gasteiger partial charge >= 0.3 is 6.03 Å². The van der Waals surface area contributed by atoms with Crippen molar-refractivity contribution in [2.24, 2.45) is 5.73 Å². The molecule has 4 amide bonds. The maximum atomic E-state index is 12.9. The molecule has 0 aliphatic carbocycles. The maximum absolute atomic E-state index is 12.9. The lowest BCUT2D eigenvalue weighted by Crippen LogP contribution is -2.75. The van der Waals surface area contributed by atoms with E-state index >= 15 is 0 Å². The van der Waals surface area contributed by atoms with Crippen molar-refractivity contribution in [1.29, 1.82) is 0 Å². The summed E-state index contributed by atoms with van der Waals surface area (Å²) in [7, 11) is 1.64. The number of likely N-dealkylation sites (N-methyl/N-ethyl adjacent to an activating group) is 1. The number of benzene rings is 1. The van der Waals surface area contributed by atoms with E-state index in [1.165, 1.54) is 14.9 Å². The van der Waals surface area contributed by atoms with Gasteiger partial charge in [-0.15, -0.1) is 0 Å². The Balaban J connectivity index is 1.69. The van der Waals surface area contributed by atoms with Crippen LogP contribution >= 0.6 is 0 Å². The van der Waals surface area contributed by atoms with Gasteiger partial charge in [0.25, 0.3) is 0 Å². The summed E-state index contributed by atoms with van der Waals surface area (Å²) < 4.78 is 0. The van der Waals surface area contributed by atoms with Crippen molar-refractivity contribution in [3.05, 3.63) is 42.1 Å². The molecule has 0 spiro atoms. The van der Waals surface area contributed by atoms with Crippen molar-refractivity contribution in [3.63, 3.8) is 0 Å². The Morgan fingerprint density at radius 2 is 1.93 bits per heavy atom. The highest BCUT2D eigenvalue weighted by Gasteiger charge is 2.49. The number of carbonyl (C=O) groups excluding carboxylic acids is 3. The summed E-state index contributed by atoms with van der Waals surface area (Å²) in [6.07, 6.45) is 1.09. The summed E-state index contributed by atoms with van der Waals surface area (Å²) in [6, 6.07) is 8.59. The number of urea groups is 1. The summed E-state index contributed by atoms with van der Waals surface area (Å²) in [5, 5.41) is 3.85. The largest absolute Gasteiger partial charge is 0.350 e. The van der Waals surface area contributed by atoms with Gasteiger partial charge in [-0.3, -0.25) is 14.6 Å². The topological polar surface area (TPSA) is 103 Å². The Morgan fingerprint density at radius 1 is 1.18 bits per heavy atom. The molecule has 2 aliphatic rings. The smallest absolute Gasteiger partial charge is 0.331 e. The minimum absolute atomic E-state index is 0.00663. The van der Waals surface area contributed by atoms with E-state index in [4.69, 9.17) is 5.73 Å². The van der Waals surface area contributed by atoms with Crippen LogP contribution in [0.4, 0.5) is 4.79 Å². The highest BCUT2D eigenvalue weighted by Crippen LogP contribution is 2.28. The number of aromatic nitrogens is 1. The maximum Gasteiger partial charge on any atom is 0.331 e. The molecule has 0 saturated carbocycles. The highest BCUT2D eigenvalue weighted by atomic mass is 16.2. The number of carbonyl (C=O) groups is 3. The number of nitrogens with zero attached hydrogens (tertiary/aromatic N) is 5. The molecule has 9 heteroatoms. The predicted molar refractivity (Wildman–Crippen MR) is 101 cm³/mol. The number of hydrogen-bond donors (Lipinski definition) is 1. The van der Waals surface area contributed by atoms with E-state index in [2.05, 4.69) is 4.98 Å². The van der Waals surface area contributed by atoms with Crippen LogP contribution in [0.25, 0.3) is 10.9 Å². The number of amides is 4. The van der Waals surface area contributed by atoms with Crippen LogP contribution in [0.3, 0.4) is 0 Å². The predicted octanol–water partition coefficient (Wildman–Crippen LogP) is 0.361. The van der Waals surface area contributed by atoms with Crippen molar-refractivity contribution < 1.29 is 14.4 Å². The van der Waals surface area contributed by atoms with Crippen LogP contribution in [-0.4, -0.2) is 75.0 Å². The third kappa shape index (κ3) is 2.84. The van der Waals surface area contributed by atoms with Crippen molar-refractivity contribution in [1.82, 2.24) is 24.8 Å². The van der Waals surface area contributed by atoms with Gasteiger partial charge in [-0.05, 0) is 18.6 Å². The lowest BCUT2D eigenvalue weighted by Gasteiger charge is -2.54. The fourth-order valence-electron chi connectivity index (χ4n) is 4.12. The molecule has 1 aromatic heterocycles. The standard InChI is InChI=1S/C19H22N6O3/c1-12-18-24(15(26)10-22(2)25(18)19(20)28)11-16(27)23(12)9-14-6-3-5-13-7-4-8-21-17(13)14/h3-8,12,18H,9-11H2,1-2H3,(H2,20,28). The van der Waals surface area contributed by atoms with E-state index in [-0.39, 0.29) is 24.9 Å². The number of pyridine rings is 1. The van der Waals surface area contributed by atoms with Gasteiger partial charge in [-0.2, -0.15) is 0 Å². The molecule has 28 heavy (non-hydrogen) atoms. The summed E-state index contributed by atoms with van der Waals surface area (Å²) in [5.74, 6) is -0.365. The van der Waals surface area contributed by atoms with Gasteiger partial charge in [0, 0.05) is 25.2 Å². The third-order valence-corrected chi connectivity index (χ3v) is 5.45. The molecule has 0 bridgehead atoms. The van der Waals surface area contributed by atoms with Crippen LogP contribution in [0.5, 0.6) is 0 Å². The van der Waals surface area contributed by atoms with Gasteiger partial charge in [-0.25, -0.2) is 14.8 Å². The first-order chi connectivity index (χ1) is 13.4. The van der Waals surface area contributed by atoms with Crippen LogP contribution in [0.15, 0.2) is 36.5 Å². The van der Waals surface area contributed by atoms with Crippen LogP contribution < -0.4 is 5.73 Å². The molecule has 1 aromatic carbocycles. The van der Waals surface area contributed by atoms with Crippen molar-refractivity contribution in [3.8, 4) is 0 Å². The second kappa shape index (κ2) is 6.75. The molecule has 146 valence electrons. The first kappa shape index (κ1) is 18.2. The van der Waals surface area contributed by atoms with Crippen LogP contribution in [0, 0.1) is 0 Å². The third-order valence-electron chi connectivity index (χ3n) is 5.45.